The van der Waals surface area contributed by atoms with E-state index in [1.807, 2.05) is 0 Å². The first-order valence-corrected chi connectivity index (χ1v) is 5.80. The predicted octanol–water partition coefficient (Wildman–Crippen LogP) is 3.22. The van der Waals surface area contributed by atoms with Crippen molar-refractivity contribution in [2.75, 3.05) is 7.11 Å². The second-order valence-electron chi connectivity index (χ2n) is 4.25. The van der Waals surface area contributed by atoms with Gasteiger partial charge in [0.15, 0.2) is 5.82 Å². The maximum Gasteiger partial charge on any atom is 0.153 e. The van der Waals surface area contributed by atoms with E-state index in [0.29, 0.717) is 11.3 Å². The molecule has 0 bridgehead atoms. The van der Waals surface area contributed by atoms with Crippen LogP contribution >= 0.6 is 0 Å². The normalized spacial score (nSPS) is 10.9. The topological polar surface area (TPSA) is 58.1 Å². The number of H-pyrrole nitrogens is 1. The molecule has 0 amide bonds. The van der Waals surface area contributed by atoms with Crippen LogP contribution in [0.25, 0.3) is 22.4 Å². The number of rotatable bonds is 2. The highest BCUT2D eigenvalue weighted by Gasteiger charge is 2.14. The predicted molar refractivity (Wildman–Crippen MR) is 69.7 cm³/mol. The number of fused-ring (bicyclic) bond motifs is 1. The van der Waals surface area contributed by atoms with Gasteiger partial charge in [-0.1, -0.05) is 0 Å². The standard InChI is InChI=1S/C14H10F2N2O2/c1-20-8-2-3-9(12(19)6-8)14-17-11-5-7(15)4-10(16)13(11)18-14/h2-6,19H,1H3,(H,17,18). The lowest BCUT2D eigenvalue weighted by atomic mass is 10.2. The van der Waals surface area contributed by atoms with Crippen LogP contribution in [0.15, 0.2) is 30.3 Å². The monoisotopic (exact) mass is 276 g/mol. The molecular formula is C14H10F2N2O2. The molecule has 4 nitrogen and oxygen atoms in total. The Morgan fingerprint density at radius 1 is 1.20 bits per heavy atom. The first-order valence-electron chi connectivity index (χ1n) is 5.80. The number of halogens is 2. The van der Waals surface area contributed by atoms with Crippen LogP contribution in [0, 0.1) is 11.6 Å². The van der Waals surface area contributed by atoms with Gasteiger partial charge in [-0.3, -0.25) is 0 Å². The average molecular weight is 276 g/mol. The van der Waals surface area contributed by atoms with Crippen molar-refractivity contribution in [3.63, 3.8) is 0 Å². The van der Waals surface area contributed by atoms with E-state index in [4.69, 9.17) is 4.74 Å². The summed E-state index contributed by atoms with van der Waals surface area (Å²) < 4.78 is 31.7. The number of aromatic hydroxyl groups is 1. The van der Waals surface area contributed by atoms with Crippen molar-refractivity contribution in [1.82, 2.24) is 9.97 Å². The number of phenolic OH excluding ortho intramolecular Hbond substituents is 1. The number of aromatic amines is 1. The zero-order valence-corrected chi connectivity index (χ0v) is 10.4. The number of aromatic nitrogens is 2. The summed E-state index contributed by atoms with van der Waals surface area (Å²) in [4.78, 5) is 6.82. The summed E-state index contributed by atoms with van der Waals surface area (Å²) in [5, 5.41) is 9.92. The Morgan fingerprint density at radius 3 is 2.70 bits per heavy atom. The van der Waals surface area contributed by atoms with Crippen molar-refractivity contribution >= 4 is 11.0 Å². The first kappa shape index (κ1) is 12.4. The van der Waals surface area contributed by atoms with Crippen LogP contribution in [0.3, 0.4) is 0 Å². The average Bonchev–Trinajstić information content (AvgIpc) is 2.82. The van der Waals surface area contributed by atoms with E-state index in [0.717, 1.165) is 12.1 Å². The molecule has 0 aliphatic carbocycles. The minimum absolute atomic E-state index is 0.0246. The van der Waals surface area contributed by atoms with Crippen molar-refractivity contribution in [2.45, 2.75) is 0 Å². The van der Waals surface area contributed by atoms with Crippen LogP contribution < -0.4 is 4.74 Å². The molecule has 2 aromatic carbocycles. The molecule has 1 heterocycles. The summed E-state index contributed by atoms with van der Waals surface area (Å²) in [5.41, 5.74) is 0.631. The van der Waals surface area contributed by atoms with Crippen LogP contribution in [-0.4, -0.2) is 22.2 Å². The summed E-state index contributed by atoms with van der Waals surface area (Å²) in [6, 6.07) is 6.55. The second-order valence-corrected chi connectivity index (χ2v) is 4.25. The Kier molecular flexibility index (Phi) is 2.78. The van der Waals surface area contributed by atoms with E-state index in [2.05, 4.69) is 9.97 Å². The van der Waals surface area contributed by atoms with Crippen molar-refractivity contribution in [3.05, 3.63) is 42.0 Å². The van der Waals surface area contributed by atoms with Gasteiger partial charge in [0.1, 0.15) is 28.7 Å². The number of nitrogens with one attached hydrogen (secondary N) is 1. The highest BCUT2D eigenvalue weighted by Crippen LogP contribution is 2.32. The maximum absolute atomic E-state index is 13.6. The fourth-order valence-electron chi connectivity index (χ4n) is 2.01. The van der Waals surface area contributed by atoms with Gasteiger partial charge in [-0.05, 0) is 18.2 Å². The third-order valence-electron chi connectivity index (χ3n) is 2.96. The molecule has 0 saturated carbocycles. The Morgan fingerprint density at radius 2 is 2.00 bits per heavy atom. The molecule has 0 saturated heterocycles. The molecule has 1 aromatic heterocycles. The number of nitrogens with zero attached hydrogens (tertiary/aromatic N) is 1. The maximum atomic E-state index is 13.6. The van der Waals surface area contributed by atoms with Crippen LogP contribution in [0.1, 0.15) is 0 Å². The Labute approximate surface area is 112 Å². The second kappa shape index (κ2) is 4.48. The van der Waals surface area contributed by atoms with Gasteiger partial charge in [0.25, 0.3) is 0 Å². The summed E-state index contributed by atoms with van der Waals surface area (Å²) in [5.74, 6) is -0.770. The van der Waals surface area contributed by atoms with Crippen molar-refractivity contribution < 1.29 is 18.6 Å². The van der Waals surface area contributed by atoms with Crippen LogP contribution in [0.2, 0.25) is 0 Å². The van der Waals surface area contributed by atoms with E-state index >= 15 is 0 Å². The van der Waals surface area contributed by atoms with Gasteiger partial charge in [0, 0.05) is 12.1 Å². The number of benzene rings is 2. The highest BCUT2D eigenvalue weighted by atomic mass is 19.1. The fourth-order valence-corrected chi connectivity index (χ4v) is 2.01. The molecule has 0 atom stereocenters. The van der Waals surface area contributed by atoms with Crippen molar-refractivity contribution in [1.29, 1.82) is 0 Å². The number of methoxy groups -OCH3 is 1. The Hall–Kier alpha value is -2.63. The lowest BCUT2D eigenvalue weighted by Crippen LogP contribution is -1.85. The van der Waals surface area contributed by atoms with Crippen molar-refractivity contribution in [2.24, 2.45) is 0 Å². The molecule has 20 heavy (non-hydrogen) atoms. The lowest BCUT2D eigenvalue weighted by molar-refractivity contribution is 0.408. The lowest BCUT2D eigenvalue weighted by Gasteiger charge is -2.04. The molecule has 0 unspecified atom stereocenters. The third-order valence-corrected chi connectivity index (χ3v) is 2.96. The van der Waals surface area contributed by atoms with Gasteiger partial charge in [-0.2, -0.15) is 0 Å². The minimum Gasteiger partial charge on any atom is -0.507 e. The molecule has 0 aliphatic heterocycles. The first-order chi connectivity index (χ1) is 9.58. The van der Waals surface area contributed by atoms with E-state index in [1.54, 1.807) is 12.1 Å². The van der Waals surface area contributed by atoms with E-state index < -0.39 is 11.6 Å². The molecule has 0 fully saturated rings. The van der Waals surface area contributed by atoms with Gasteiger partial charge in [-0.15, -0.1) is 0 Å². The molecule has 0 radical (unpaired) electrons. The largest absolute Gasteiger partial charge is 0.507 e. The molecule has 0 aliphatic rings. The summed E-state index contributed by atoms with van der Waals surface area (Å²) in [7, 11) is 1.48. The van der Waals surface area contributed by atoms with Gasteiger partial charge in [0.05, 0.1) is 18.2 Å². The molecule has 3 aromatic rings. The highest BCUT2D eigenvalue weighted by molar-refractivity contribution is 5.81. The van der Waals surface area contributed by atoms with Crippen molar-refractivity contribution in [3.8, 4) is 22.9 Å². The van der Waals surface area contributed by atoms with Gasteiger partial charge in [0.2, 0.25) is 0 Å². The summed E-state index contributed by atoms with van der Waals surface area (Å²) in [6.07, 6.45) is 0. The van der Waals surface area contributed by atoms with E-state index in [-0.39, 0.29) is 22.6 Å². The van der Waals surface area contributed by atoms with E-state index in [1.165, 1.54) is 13.2 Å². The van der Waals surface area contributed by atoms with E-state index in [9.17, 15) is 13.9 Å². The SMILES string of the molecule is COc1ccc(-c2nc3c(F)cc(F)cc3[nH]2)c(O)c1. The number of hydrogen-bond donors (Lipinski definition) is 2. The molecule has 6 heteroatoms. The smallest absolute Gasteiger partial charge is 0.153 e. The quantitative estimate of drug-likeness (QED) is 0.755. The van der Waals surface area contributed by atoms with Gasteiger partial charge < -0.3 is 14.8 Å². The third kappa shape index (κ3) is 1.95. The van der Waals surface area contributed by atoms with Crippen LogP contribution in [0.4, 0.5) is 8.78 Å². The summed E-state index contributed by atoms with van der Waals surface area (Å²) in [6.45, 7) is 0. The zero-order chi connectivity index (χ0) is 14.3. The molecule has 0 spiro atoms. The molecule has 3 rings (SSSR count). The molecule has 102 valence electrons. The van der Waals surface area contributed by atoms with Crippen LogP contribution in [0.5, 0.6) is 11.5 Å². The number of ether oxygens (including phenoxy) is 1. The fraction of sp³-hybridized carbons (Fsp3) is 0.0714. The molecule has 2 N–H and O–H groups in total. The van der Waals surface area contributed by atoms with Gasteiger partial charge >= 0.3 is 0 Å². The van der Waals surface area contributed by atoms with Gasteiger partial charge in [-0.25, -0.2) is 13.8 Å². The number of imidazole rings is 1. The molecular weight excluding hydrogens is 266 g/mol. The van der Waals surface area contributed by atoms with Crippen LogP contribution in [-0.2, 0) is 0 Å². The Balaban J connectivity index is 2.17. The number of hydrogen-bond acceptors (Lipinski definition) is 3. The number of phenols is 1. The minimum atomic E-state index is -0.754. The summed E-state index contributed by atoms with van der Waals surface area (Å²) >= 11 is 0. The Bertz CT molecular complexity index is 799. The zero-order valence-electron chi connectivity index (χ0n) is 10.4.